The second-order valence-electron chi connectivity index (χ2n) is 3.28. The van der Waals surface area contributed by atoms with Crippen LogP contribution in [0.25, 0.3) is 11.1 Å². The van der Waals surface area contributed by atoms with Crippen LogP contribution < -0.4 is 10.5 Å². The first-order valence-corrected chi connectivity index (χ1v) is 4.77. The zero-order valence-electron chi connectivity index (χ0n) is 8.77. The van der Waals surface area contributed by atoms with Crippen molar-refractivity contribution < 1.29 is 9.13 Å². The molecule has 1 heterocycles. The fraction of sp³-hybridized carbons (Fsp3) is 0.0833. The monoisotopic (exact) mass is 218 g/mol. The van der Waals surface area contributed by atoms with E-state index in [0.717, 1.165) is 0 Å². The molecule has 0 aliphatic heterocycles. The van der Waals surface area contributed by atoms with Crippen molar-refractivity contribution in [3.05, 3.63) is 42.3 Å². The van der Waals surface area contributed by atoms with Crippen molar-refractivity contribution in [3.8, 4) is 16.9 Å². The number of benzene rings is 1. The minimum absolute atomic E-state index is 0.312. The minimum Gasteiger partial charge on any atom is -0.497 e. The predicted octanol–water partition coefficient (Wildman–Crippen LogP) is 2.48. The first-order chi connectivity index (χ1) is 7.72. The maximum atomic E-state index is 13.7. The van der Waals surface area contributed by atoms with E-state index in [1.165, 1.54) is 13.2 Å². The average molecular weight is 218 g/mol. The smallest absolute Gasteiger partial charge is 0.134 e. The van der Waals surface area contributed by atoms with Crippen molar-refractivity contribution >= 4 is 5.82 Å². The summed E-state index contributed by atoms with van der Waals surface area (Å²) in [6, 6.07) is 8.08. The third-order valence-corrected chi connectivity index (χ3v) is 2.30. The van der Waals surface area contributed by atoms with Gasteiger partial charge in [0.2, 0.25) is 0 Å². The second-order valence-corrected chi connectivity index (χ2v) is 3.28. The quantitative estimate of drug-likeness (QED) is 0.842. The molecule has 16 heavy (non-hydrogen) atoms. The van der Waals surface area contributed by atoms with E-state index in [4.69, 9.17) is 10.5 Å². The van der Waals surface area contributed by atoms with Gasteiger partial charge >= 0.3 is 0 Å². The van der Waals surface area contributed by atoms with Crippen LogP contribution in [-0.4, -0.2) is 12.1 Å². The Hall–Kier alpha value is -2.10. The molecule has 3 nitrogen and oxygen atoms in total. The van der Waals surface area contributed by atoms with E-state index in [0.29, 0.717) is 22.7 Å². The molecular formula is C12H11FN2O. The molecule has 0 atom stereocenters. The number of hydrogen-bond donors (Lipinski definition) is 1. The Bertz CT molecular complexity index is 514. The van der Waals surface area contributed by atoms with Crippen LogP contribution in [0.5, 0.6) is 5.75 Å². The zero-order chi connectivity index (χ0) is 11.5. The summed E-state index contributed by atoms with van der Waals surface area (Å²) < 4.78 is 18.7. The van der Waals surface area contributed by atoms with Crippen molar-refractivity contribution in [2.45, 2.75) is 0 Å². The van der Waals surface area contributed by atoms with Gasteiger partial charge in [-0.05, 0) is 24.3 Å². The van der Waals surface area contributed by atoms with Gasteiger partial charge in [0.05, 0.1) is 7.11 Å². The molecule has 0 saturated carbocycles. The number of rotatable bonds is 2. The van der Waals surface area contributed by atoms with Crippen molar-refractivity contribution in [1.29, 1.82) is 0 Å². The van der Waals surface area contributed by atoms with Gasteiger partial charge in [-0.3, -0.25) is 0 Å². The molecule has 82 valence electrons. The third-order valence-electron chi connectivity index (χ3n) is 2.30. The molecule has 0 amide bonds. The Labute approximate surface area is 92.7 Å². The SMILES string of the molecule is COc1ccc(-c2cccnc2N)c(F)c1. The predicted molar refractivity (Wildman–Crippen MR) is 60.6 cm³/mol. The van der Waals surface area contributed by atoms with Gasteiger partial charge in [-0.15, -0.1) is 0 Å². The number of nitrogens with zero attached hydrogens (tertiary/aromatic N) is 1. The number of halogens is 1. The summed E-state index contributed by atoms with van der Waals surface area (Å²) in [4.78, 5) is 3.92. The lowest BCUT2D eigenvalue weighted by atomic mass is 10.1. The van der Waals surface area contributed by atoms with Crippen LogP contribution in [0.4, 0.5) is 10.2 Å². The molecule has 1 aromatic heterocycles. The first kappa shape index (κ1) is 10.4. The van der Waals surface area contributed by atoms with E-state index >= 15 is 0 Å². The molecule has 2 aromatic rings. The number of nitrogen functional groups attached to an aromatic ring is 1. The molecule has 0 aliphatic rings. The molecular weight excluding hydrogens is 207 g/mol. The van der Waals surface area contributed by atoms with Gasteiger partial charge in [0.1, 0.15) is 17.4 Å². The van der Waals surface area contributed by atoms with Crippen LogP contribution in [0.15, 0.2) is 36.5 Å². The molecule has 0 fully saturated rings. The summed E-state index contributed by atoms with van der Waals surface area (Å²) in [6.07, 6.45) is 1.57. The molecule has 1 aromatic carbocycles. The van der Waals surface area contributed by atoms with Gasteiger partial charge in [-0.2, -0.15) is 0 Å². The lowest BCUT2D eigenvalue weighted by molar-refractivity contribution is 0.411. The van der Waals surface area contributed by atoms with Crippen molar-refractivity contribution in [2.24, 2.45) is 0 Å². The normalized spacial score (nSPS) is 10.1. The van der Waals surface area contributed by atoms with Gasteiger partial charge in [-0.1, -0.05) is 0 Å². The standard InChI is InChI=1S/C12H11FN2O/c1-16-8-4-5-9(11(13)7-8)10-3-2-6-15-12(10)14/h2-7H,1H3,(H2,14,15). The summed E-state index contributed by atoms with van der Waals surface area (Å²) in [5, 5.41) is 0. The topological polar surface area (TPSA) is 48.1 Å². The van der Waals surface area contributed by atoms with E-state index in [9.17, 15) is 4.39 Å². The van der Waals surface area contributed by atoms with Crippen LogP contribution in [0.3, 0.4) is 0 Å². The van der Waals surface area contributed by atoms with E-state index in [1.807, 2.05) is 0 Å². The highest BCUT2D eigenvalue weighted by atomic mass is 19.1. The maximum absolute atomic E-state index is 13.7. The summed E-state index contributed by atoms with van der Waals surface area (Å²) in [6.45, 7) is 0. The number of pyridine rings is 1. The maximum Gasteiger partial charge on any atom is 0.134 e. The molecule has 4 heteroatoms. The van der Waals surface area contributed by atoms with E-state index in [2.05, 4.69) is 4.98 Å². The Morgan fingerprint density at radius 3 is 2.69 bits per heavy atom. The van der Waals surface area contributed by atoms with Crippen LogP contribution in [0.1, 0.15) is 0 Å². The molecule has 0 bridgehead atoms. The van der Waals surface area contributed by atoms with Gasteiger partial charge in [0, 0.05) is 23.4 Å². The molecule has 0 spiro atoms. The lowest BCUT2D eigenvalue weighted by Gasteiger charge is -2.07. The third kappa shape index (κ3) is 1.82. The largest absolute Gasteiger partial charge is 0.497 e. The second kappa shape index (κ2) is 4.18. The molecule has 0 radical (unpaired) electrons. The van der Waals surface area contributed by atoms with E-state index in [-0.39, 0.29) is 5.82 Å². The number of hydrogen-bond acceptors (Lipinski definition) is 3. The molecule has 2 N–H and O–H groups in total. The average Bonchev–Trinajstić information content (AvgIpc) is 2.30. The van der Waals surface area contributed by atoms with Crippen molar-refractivity contribution in [3.63, 3.8) is 0 Å². The fourth-order valence-corrected chi connectivity index (χ4v) is 1.49. The summed E-state index contributed by atoms with van der Waals surface area (Å²) in [7, 11) is 1.49. The Morgan fingerprint density at radius 1 is 1.25 bits per heavy atom. The summed E-state index contributed by atoms with van der Waals surface area (Å²) in [5.74, 6) is 0.411. The van der Waals surface area contributed by atoms with E-state index in [1.54, 1.807) is 30.5 Å². The number of methoxy groups -OCH3 is 1. The molecule has 0 aliphatic carbocycles. The number of ether oxygens (including phenoxy) is 1. The van der Waals surface area contributed by atoms with E-state index < -0.39 is 0 Å². The van der Waals surface area contributed by atoms with Crippen LogP contribution in [-0.2, 0) is 0 Å². The Balaban J connectivity index is 2.53. The fourth-order valence-electron chi connectivity index (χ4n) is 1.49. The van der Waals surface area contributed by atoms with Crippen LogP contribution >= 0.6 is 0 Å². The highest BCUT2D eigenvalue weighted by Gasteiger charge is 2.09. The van der Waals surface area contributed by atoms with Crippen LogP contribution in [0.2, 0.25) is 0 Å². The minimum atomic E-state index is -0.376. The number of nitrogens with two attached hydrogens (primary N) is 1. The Morgan fingerprint density at radius 2 is 2.06 bits per heavy atom. The summed E-state index contributed by atoms with van der Waals surface area (Å²) in [5.41, 5.74) is 6.69. The van der Waals surface area contributed by atoms with Gasteiger partial charge in [0.15, 0.2) is 0 Å². The van der Waals surface area contributed by atoms with Crippen molar-refractivity contribution in [1.82, 2.24) is 4.98 Å². The molecule has 0 saturated heterocycles. The summed E-state index contributed by atoms with van der Waals surface area (Å²) >= 11 is 0. The van der Waals surface area contributed by atoms with Gasteiger partial charge < -0.3 is 10.5 Å². The molecule has 0 unspecified atom stereocenters. The van der Waals surface area contributed by atoms with Crippen molar-refractivity contribution in [2.75, 3.05) is 12.8 Å². The number of anilines is 1. The first-order valence-electron chi connectivity index (χ1n) is 4.77. The number of aromatic nitrogens is 1. The Kier molecular flexibility index (Phi) is 2.72. The lowest BCUT2D eigenvalue weighted by Crippen LogP contribution is -1.95. The highest BCUT2D eigenvalue weighted by Crippen LogP contribution is 2.28. The van der Waals surface area contributed by atoms with Crippen LogP contribution in [0, 0.1) is 5.82 Å². The van der Waals surface area contributed by atoms with Gasteiger partial charge in [-0.25, -0.2) is 9.37 Å². The highest BCUT2D eigenvalue weighted by molar-refractivity contribution is 5.74. The zero-order valence-corrected chi connectivity index (χ0v) is 8.77. The van der Waals surface area contributed by atoms with Gasteiger partial charge in [0.25, 0.3) is 0 Å². The molecule has 2 rings (SSSR count).